The highest BCUT2D eigenvalue weighted by Crippen LogP contribution is 2.22. The van der Waals surface area contributed by atoms with E-state index in [1.807, 2.05) is 12.1 Å². The Labute approximate surface area is 114 Å². The Morgan fingerprint density at radius 2 is 2.20 bits per heavy atom. The summed E-state index contributed by atoms with van der Waals surface area (Å²) in [6, 6.07) is 8.93. The minimum atomic E-state index is -0.281. The van der Waals surface area contributed by atoms with Gasteiger partial charge in [0.2, 0.25) is 5.88 Å². The van der Waals surface area contributed by atoms with Crippen LogP contribution in [-0.4, -0.2) is 28.2 Å². The van der Waals surface area contributed by atoms with Crippen LogP contribution < -0.4 is 10.1 Å². The van der Waals surface area contributed by atoms with Crippen LogP contribution in [0.1, 0.15) is 10.4 Å². The summed E-state index contributed by atoms with van der Waals surface area (Å²) in [6.45, 7) is 0. The van der Waals surface area contributed by atoms with Gasteiger partial charge < -0.3 is 10.1 Å². The van der Waals surface area contributed by atoms with Gasteiger partial charge >= 0.3 is 0 Å². The summed E-state index contributed by atoms with van der Waals surface area (Å²) < 4.78 is 5.08. The van der Waals surface area contributed by atoms with E-state index in [0.29, 0.717) is 17.1 Å². The second-order valence-electron chi connectivity index (χ2n) is 4.15. The van der Waals surface area contributed by atoms with Gasteiger partial charge in [-0.15, -0.1) is 0 Å². The Morgan fingerprint density at radius 3 is 3.05 bits per heavy atom. The molecule has 6 heteroatoms. The van der Waals surface area contributed by atoms with Crippen molar-refractivity contribution in [1.29, 1.82) is 0 Å². The molecular weight excluding hydrogens is 256 g/mol. The number of para-hydroxylation sites is 1. The van der Waals surface area contributed by atoms with Gasteiger partial charge in [-0.25, -0.2) is 4.98 Å². The van der Waals surface area contributed by atoms with Gasteiger partial charge in [0.1, 0.15) is 5.56 Å². The van der Waals surface area contributed by atoms with E-state index in [9.17, 15) is 4.79 Å². The van der Waals surface area contributed by atoms with Crippen LogP contribution >= 0.6 is 0 Å². The number of aromatic amines is 1. The molecule has 0 aliphatic heterocycles. The second kappa shape index (κ2) is 5.00. The van der Waals surface area contributed by atoms with Gasteiger partial charge in [-0.2, -0.15) is 5.10 Å². The fourth-order valence-electron chi connectivity index (χ4n) is 1.99. The molecule has 2 aromatic heterocycles. The van der Waals surface area contributed by atoms with Crippen LogP contribution in [0.2, 0.25) is 0 Å². The Kier molecular flexibility index (Phi) is 3.04. The third kappa shape index (κ3) is 2.07. The first kappa shape index (κ1) is 12.2. The molecule has 0 unspecified atom stereocenters. The van der Waals surface area contributed by atoms with E-state index in [1.165, 1.54) is 7.11 Å². The average molecular weight is 268 g/mol. The molecule has 0 aliphatic carbocycles. The number of aromatic nitrogens is 3. The third-order valence-electron chi connectivity index (χ3n) is 2.93. The number of benzene rings is 1. The minimum absolute atomic E-state index is 0.281. The number of H-pyrrole nitrogens is 1. The lowest BCUT2D eigenvalue weighted by Gasteiger charge is -2.08. The first-order valence-corrected chi connectivity index (χ1v) is 6.02. The number of nitrogens with zero attached hydrogens (tertiary/aromatic N) is 2. The number of anilines is 1. The van der Waals surface area contributed by atoms with Crippen LogP contribution in [0, 0.1) is 0 Å². The van der Waals surface area contributed by atoms with Gasteiger partial charge in [0.15, 0.2) is 0 Å². The first-order chi connectivity index (χ1) is 9.79. The predicted molar refractivity (Wildman–Crippen MR) is 74.8 cm³/mol. The van der Waals surface area contributed by atoms with Gasteiger partial charge in [-0.1, -0.05) is 12.1 Å². The normalized spacial score (nSPS) is 10.4. The van der Waals surface area contributed by atoms with Crippen LogP contribution in [0.5, 0.6) is 5.88 Å². The van der Waals surface area contributed by atoms with Crippen molar-refractivity contribution in [1.82, 2.24) is 15.2 Å². The Balaban J connectivity index is 1.95. The maximum absolute atomic E-state index is 12.3. The number of amides is 1. The van der Waals surface area contributed by atoms with Crippen molar-refractivity contribution in [2.45, 2.75) is 0 Å². The zero-order chi connectivity index (χ0) is 13.9. The molecule has 6 nitrogen and oxygen atoms in total. The van der Waals surface area contributed by atoms with E-state index in [0.717, 1.165) is 10.9 Å². The number of carbonyl (C=O) groups is 1. The molecule has 2 heterocycles. The number of rotatable bonds is 3. The summed E-state index contributed by atoms with van der Waals surface area (Å²) in [5.41, 5.74) is 1.83. The maximum atomic E-state index is 12.3. The zero-order valence-electron chi connectivity index (χ0n) is 10.8. The molecule has 1 amide bonds. The van der Waals surface area contributed by atoms with E-state index >= 15 is 0 Å². The van der Waals surface area contributed by atoms with Gasteiger partial charge in [-0.3, -0.25) is 9.89 Å². The quantitative estimate of drug-likeness (QED) is 0.763. The minimum Gasteiger partial charge on any atom is -0.480 e. The molecule has 20 heavy (non-hydrogen) atoms. The first-order valence-electron chi connectivity index (χ1n) is 6.02. The monoisotopic (exact) mass is 268 g/mol. The highest BCUT2D eigenvalue weighted by atomic mass is 16.5. The molecule has 0 atom stereocenters. The number of carbonyl (C=O) groups excluding carboxylic acids is 1. The van der Waals surface area contributed by atoms with Crippen molar-refractivity contribution in [3.05, 3.63) is 48.3 Å². The summed E-state index contributed by atoms with van der Waals surface area (Å²) in [7, 11) is 1.48. The van der Waals surface area contributed by atoms with Crippen LogP contribution in [0.3, 0.4) is 0 Å². The van der Waals surface area contributed by atoms with E-state index < -0.39 is 0 Å². The molecule has 0 fully saturated rings. The van der Waals surface area contributed by atoms with Crippen molar-refractivity contribution < 1.29 is 9.53 Å². The number of nitrogens with one attached hydrogen (secondary N) is 2. The molecule has 0 spiro atoms. The van der Waals surface area contributed by atoms with Crippen molar-refractivity contribution in [3.8, 4) is 5.88 Å². The highest BCUT2D eigenvalue weighted by molar-refractivity contribution is 6.09. The topological polar surface area (TPSA) is 79.9 Å². The molecule has 0 bridgehead atoms. The largest absolute Gasteiger partial charge is 0.480 e. The molecule has 0 radical (unpaired) electrons. The fourth-order valence-corrected chi connectivity index (χ4v) is 1.99. The SMILES string of the molecule is COc1ncccc1C(=O)Nc1cccc2cn[nH]c12. The molecular formula is C14H12N4O2. The number of hydrogen-bond acceptors (Lipinski definition) is 4. The second-order valence-corrected chi connectivity index (χ2v) is 4.15. The lowest BCUT2D eigenvalue weighted by molar-refractivity contribution is 0.102. The predicted octanol–water partition coefficient (Wildman–Crippen LogP) is 2.22. The maximum Gasteiger partial charge on any atom is 0.261 e. The number of hydrogen-bond donors (Lipinski definition) is 2. The molecule has 0 saturated heterocycles. The Bertz CT molecular complexity index is 766. The Hall–Kier alpha value is -2.89. The Morgan fingerprint density at radius 1 is 1.30 bits per heavy atom. The summed E-state index contributed by atoms with van der Waals surface area (Å²) >= 11 is 0. The highest BCUT2D eigenvalue weighted by Gasteiger charge is 2.14. The number of fused-ring (bicyclic) bond motifs is 1. The standard InChI is InChI=1S/C14H12N4O2/c1-20-14-10(5-3-7-15-14)13(19)17-11-6-2-4-9-8-16-18-12(9)11/h2-8H,1H3,(H,16,18)(H,17,19). The zero-order valence-corrected chi connectivity index (χ0v) is 10.8. The molecule has 100 valence electrons. The van der Waals surface area contributed by atoms with E-state index in [-0.39, 0.29) is 5.91 Å². The van der Waals surface area contributed by atoms with Crippen molar-refractivity contribution in [2.75, 3.05) is 12.4 Å². The van der Waals surface area contributed by atoms with Crippen molar-refractivity contribution in [3.63, 3.8) is 0 Å². The number of methoxy groups -OCH3 is 1. The van der Waals surface area contributed by atoms with Crippen LogP contribution in [0.4, 0.5) is 5.69 Å². The van der Waals surface area contributed by atoms with Crippen molar-refractivity contribution >= 4 is 22.5 Å². The van der Waals surface area contributed by atoms with Crippen LogP contribution in [-0.2, 0) is 0 Å². The van der Waals surface area contributed by atoms with E-state index in [1.54, 1.807) is 30.6 Å². The summed E-state index contributed by atoms with van der Waals surface area (Å²) in [4.78, 5) is 16.3. The molecule has 1 aromatic carbocycles. The van der Waals surface area contributed by atoms with Crippen LogP contribution in [0.25, 0.3) is 10.9 Å². The molecule has 2 N–H and O–H groups in total. The van der Waals surface area contributed by atoms with Gasteiger partial charge in [-0.05, 0) is 18.2 Å². The van der Waals surface area contributed by atoms with Gasteiger partial charge in [0.05, 0.1) is 24.5 Å². The van der Waals surface area contributed by atoms with Gasteiger partial charge in [0.25, 0.3) is 5.91 Å². The summed E-state index contributed by atoms with van der Waals surface area (Å²) in [5, 5.41) is 10.6. The molecule has 0 saturated carbocycles. The van der Waals surface area contributed by atoms with Gasteiger partial charge in [0, 0.05) is 11.6 Å². The fraction of sp³-hybridized carbons (Fsp3) is 0.0714. The number of pyridine rings is 1. The smallest absolute Gasteiger partial charge is 0.261 e. The molecule has 0 aliphatic rings. The molecule has 3 rings (SSSR count). The lowest BCUT2D eigenvalue weighted by atomic mass is 10.2. The van der Waals surface area contributed by atoms with Crippen molar-refractivity contribution in [2.24, 2.45) is 0 Å². The molecule has 3 aromatic rings. The van der Waals surface area contributed by atoms with E-state index in [4.69, 9.17) is 4.74 Å². The summed E-state index contributed by atoms with van der Waals surface area (Å²) in [6.07, 6.45) is 3.28. The summed E-state index contributed by atoms with van der Waals surface area (Å²) in [5.74, 6) is 0.0128. The number of ether oxygens (including phenoxy) is 1. The van der Waals surface area contributed by atoms with Crippen LogP contribution in [0.15, 0.2) is 42.7 Å². The van der Waals surface area contributed by atoms with E-state index in [2.05, 4.69) is 20.5 Å². The average Bonchev–Trinajstić information content (AvgIpc) is 2.96. The lowest BCUT2D eigenvalue weighted by Crippen LogP contribution is -2.14. The third-order valence-corrected chi connectivity index (χ3v) is 2.93.